The zero-order valence-electron chi connectivity index (χ0n) is 16.4. The number of benzene rings is 2. The largest absolute Gasteiger partial charge is 0.441 e. The first-order valence-corrected chi connectivity index (χ1v) is 11.8. The smallest absolute Gasteiger partial charge is 0.414 e. The van der Waals surface area contributed by atoms with Gasteiger partial charge < -0.3 is 14.4 Å². The summed E-state index contributed by atoms with van der Waals surface area (Å²) in [6.45, 7) is 1.96. The molecule has 1 amide bonds. The lowest BCUT2D eigenvalue weighted by molar-refractivity contribution is 0.107. The fraction of sp³-hybridized carbons (Fsp3) is 0.350. The summed E-state index contributed by atoms with van der Waals surface area (Å²) in [7, 11) is -4.00. The first kappa shape index (κ1) is 22.0. The van der Waals surface area contributed by atoms with Gasteiger partial charge in [-0.05, 0) is 42.5 Å². The Balaban J connectivity index is 1.40. The molecule has 2 aliphatic heterocycles. The Kier molecular flexibility index (Phi) is 6.47. The van der Waals surface area contributed by atoms with Gasteiger partial charge in [0.2, 0.25) is 0 Å². The van der Waals surface area contributed by atoms with Gasteiger partial charge in [0, 0.05) is 17.6 Å². The van der Waals surface area contributed by atoms with E-state index in [1.165, 1.54) is 23.1 Å². The summed E-state index contributed by atoms with van der Waals surface area (Å²) in [5.74, 6) is -0.454. The molecule has 0 bridgehead atoms. The number of anilines is 2. The number of hydrogen-bond donors (Lipinski definition) is 0. The number of nitrogens with zero attached hydrogens (tertiary/aromatic N) is 2. The molecule has 2 aliphatic rings. The molecule has 0 N–H and O–H groups in total. The van der Waals surface area contributed by atoms with Gasteiger partial charge in [-0.2, -0.15) is 8.42 Å². The van der Waals surface area contributed by atoms with Crippen molar-refractivity contribution < 1.29 is 31.3 Å². The molecule has 31 heavy (non-hydrogen) atoms. The highest BCUT2D eigenvalue weighted by Gasteiger charge is 2.34. The summed E-state index contributed by atoms with van der Waals surface area (Å²) in [6.07, 6.45) is -1.49. The van der Waals surface area contributed by atoms with E-state index in [0.717, 1.165) is 4.47 Å². The van der Waals surface area contributed by atoms with Crippen LogP contribution < -0.4 is 9.80 Å². The van der Waals surface area contributed by atoms with Gasteiger partial charge in [0.05, 0.1) is 36.0 Å². The van der Waals surface area contributed by atoms with Crippen LogP contribution in [0.4, 0.5) is 20.6 Å². The fourth-order valence-corrected chi connectivity index (χ4v) is 4.58. The average molecular weight is 515 g/mol. The van der Waals surface area contributed by atoms with Gasteiger partial charge in [-0.3, -0.25) is 9.08 Å². The topological polar surface area (TPSA) is 85.4 Å². The summed E-state index contributed by atoms with van der Waals surface area (Å²) < 4.78 is 55.6. The van der Waals surface area contributed by atoms with E-state index in [1.54, 1.807) is 24.3 Å². The molecule has 0 aromatic heterocycles. The van der Waals surface area contributed by atoms with E-state index in [1.807, 2.05) is 4.90 Å². The molecule has 0 saturated carbocycles. The van der Waals surface area contributed by atoms with Crippen molar-refractivity contribution in [3.8, 4) is 0 Å². The lowest BCUT2D eigenvalue weighted by Gasteiger charge is -2.29. The minimum absolute atomic E-state index is 0.00217. The number of carbonyl (C=O) groups is 1. The number of morpholine rings is 1. The molecular formula is C20H20BrFN2O6S. The number of hydrogen-bond acceptors (Lipinski definition) is 7. The third kappa shape index (κ3) is 5.00. The zero-order chi connectivity index (χ0) is 22.0. The van der Waals surface area contributed by atoms with Gasteiger partial charge in [-0.1, -0.05) is 15.9 Å². The van der Waals surface area contributed by atoms with Crippen molar-refractivity contribution in [3.05, 3.63) is 52.8 Å². The molecule has 2 saturated heterocycles. The van der Waals surface area contributed by atoms with Crippen LogP contribution in [0.2, 0.25) is 0 Å². The second-order valence-electron chi connectivity index (χ2n) is 7.04. The third-order valence-corrected chi connectivity index (χ3v) is 6.80. The van der Waals surface area contributed by atoms with Gasteiger partial charge in [0.1, 0.15) is 18.5 Å². The van der Waals surface area contributed by atoms with Gasteiger partial charge in [0.15, 0.2) is 0 Å². The van der Waals surface area contributed by atoms with Gasteiger partial charge in [-0.25, -0.2) is 9.18 Å². The van der Waals surface area contributed by atoms with Gasteiger partial charge in [-0.15, -0.1) is 0 Å². The van der Waals surface area contributed by atoms with Crippen molar-refractivity contribution in [2.75, 3.05) is 49.3 Å². The van der Waals surface area contributed by atoms with Crippen LogP contribution in [0.3, 0.4) is 0 Å². The number of cyclic esters (lactones) is 1. The highest BCUT2D eigenvalue weighted by molar-refractivity contribution is 9.10. The van der Waals surface area contributed by atoms with Crippen LogP contribution in [0.15, 0.2) is 51.8 Å². The number of ether oxygens (including phenoxy) is 2. The maximum atomic E-state index is 14.7. The van der Waals surface area contributed by atoms with E-state index >= 15 is 0 Å². The number of halogens is 2. The van der Waals surface area contributed by atoms with Gasteiger partial charge in [0.25, 0.3) is 10.1 Å². The Hall–Kier alpha value is -2.21. The maximum Gasteiger partial charge on any atom is 0.414 e. The Morgan fingerprint density at radius 3 is 2.52 bits per heavy atom. The molecule has 0 radical (unpaired) electrons. The minimum atomic E-state index is -4.00. The molecule has 8 nitrogen and oxygen atoms in total. The van der Waals surface area contributed by atoms with Crippen molar-refractivity contribution in [3.63, 3.8) is 0 Å². The molecule has 2 aromatic rings. The summed E-state index contributed by atoms with van der Waals surface area (Å²) in [5, 5.41) is 0. The van der Waals surface area contributed by atoms with Crippen molar-refractivity contribution in [1.29, 1.82) is 0 Å². The molecule has 4 rings (SSSR count). The van der Waals surface area contributed by atoms with Crippen molar-refractivity contribution in [2.45, 2.75) is 11.0 Å². The predicted molar refractivity (Wildman–Crippen MR) is 114 cm³/mol. The molecule has 1 atom stereocenters. The monoisotopic (exact) mass is 514 g/mol. The Morgan fingerprint density at radius 2 is 1.84 bits per heavy atom. The van der Waals surface area contributed by atoms with E-state index in [9.17, 15) is 17.6 Å². The van der Waals surface area contributed by atoms with E-state index in [0.29, 0.717) is 37.7 Å². The average Bonchev–Trinajstić information content (AvgIpc) is 3.14. The van der Waals surface area contributed by atoms with E-state index in [2.05, 4.69) is 15.9 Å². The molecule has 0 unspecified atom stereocenters. The molecule has 166 valence electrons. The third-order valence-electron chi connectivity index (χ3n) is 4.98. The van der Waals surface area contributed by atoms with Crippen molar-refractivity contribution >= 4 is 43.5 Å². The predicted octanol–water partition coefficient (Wildman–Crippen LogP) is 3.16. The lowest BCUT2D eigenvalue weighted by Crippen LogP contribution is -2.36. The van der Waals surface area contributed by atoms with Crippen molar-refractivity contribution in [2.24, 2.45) is 0 Å². The second-order valence-corrected chi connectivity index (χ2v) is 9.58. The molecule has 2 heterocycles. The zero-order valence-corrected chi connectivity index (χ0v) is 18.8. The first-order valence-electron chi connectivity index (χ1n) is 9.59. The van der Waals surface area contributed by atoms with Crippen LogP contribution in [0.5, 0.6) is 0 Å². The number of amides is 1. The van der Waals surface area contributed by atoms with Gasteiger partial charge >= 0.3 is 6.09 Å². The second kappa shape index (κ2) is 9.11. The Bertz CT molecular complexity index is 1060. The minimum Gasteiger partial charge on any atom is -0.441 e. The summed E-state index contributed by atoms with van der Waals surface area (Å²) in [6, 6.07) is 10.5. The van der Waals surface area contributed by atoms with Crippen LogP contribution in [-0.4, -0.2) is 60.1 Å². The van der Waals surface area contributed by atoms with Crippen LogP contribution >= 0.6 is 15.9 Å². The quantitative estimate of drug-likeness (QED) is 0.547. The van der Waals surface area contributed by atoms with E-state index < -0.39 is 28.1 Å². The van der Waals surface area contributed by atoms with Crippen molar-refractivity contribution in [1.82, 2.24) is 0 Å². The Labute approximate surface area is 187 Å². The van der Waals surface area contributed by atoms with Crippen LogP contribution in [0.25, 0.3) is 0 Å². The molecular weight excluding hydrogens is 495 g/mol. The normalized spacial score (nSPS) is 19.5. The van der Waals surface area contributed by atoms with Crippen LogP contribution in [0.1, 0.15) is 0 Å². The molecule has 0 spiro atoms. The van der Waals surface area contributed by atoms with E-state index in [4.69, 9.17) is 13.7 Å². The molecule has 2 fully saturated rings. The fourth-order valence-electron chi connectivity index (χ4n) is 3.38. The highest BCUT2D eigenvalue weighted by Crippen LogP contribution is 2.29. The Morgan fingerprint density at radius 1 is 1.13 bits per heavy atom. The summed E-state index contributed by atoms with van der Waals surface area (Å²) in [4.78, 5) is 15.4. The lowest BCUT2D eigenvalue weighted by atomic mass is 10.2. The number of carbonyl (C=O) groups excluding carboxylic acids is 1. The summed E-state index contributed by atoms with van der Waals surface area (Å²) >= 11 is 3.24. The molecule has 2 aromatic carbocycles. The van der Waals surface area contributed by atoms with Crippen LogP contribution in [0, 0.1) is 5.82 Å². The summed E-state index contributed by atoms with van der Waals surface area (Å²) in [5.41, 5.74) is 0.776. The maximum absolute atomic E-state index is 14.7. The van der Waals surface area contributed by atoms with E-state index in [-0.39, 0.29) is 18.0 Å². The highest BCUT2D eigenvalue weighted by atomic mass is 79.9. The molecule has 11 heteroatoms. The SMILES string of the molecule is O=C1O[C@@H](COS(=O)(=O)c2ccc(Br)cc2)CN1c1ccc(N2CCOCC2)c(F)c1. The standard InChI is InChI=1S/C20H20BrFN2O6S/c21-14-1-4-17(5-2-14)31(26,27)29-13-16-12-24(20(25)30-16)15-3-6-19(18(22)11-15)23-7-9-28-10-8-23/h1-6,11,16H,7-10,12-13H2/t16-/m1/s1. The van der Waals surface area contributed by atoms with Crippen LogP contribution in [-0.2, 0) is 23.8 Å². The number of rotatable bonds is 6. The molecule has 0 aliphatic carbocycles. The first-order chi connectivity index (χ1) is 14.8.